The molecule has 0 fully saturated rings. The van der Waals surface area contributed by atoms with Crippen LogP contribution in [0.1, 0.15) is 32.5 Å². The van der Waals surface area contributed by atoms with E-state index < -0.39 is 0 Å². The molecule has 0 aliphatic carbocycles. The number of methoxy groups -OCH3 is 1. The van der Waals surface area contributed by atoms with Gasteiger partial charge in [-0.05, 0) is 31.0 Å². The number of aryl methyl sites for hydroxylation is 1. The van der Waals surface area contributed by atoms with Crippen molar-refractivity contribution in [2.45, 2.75) is 39.7 Å². The van der Waals surface area contributed by atoms with Crippen LogP contribution < -0.4 is 10.5 Å². The first-order valence-electron chi connectivity index (χ1n) is 7.31. The summed E-state index contributed by atoms with van der Waals surface area (Å²) in [5.41, 5.74) is 8.09. The molecule has 4 nitrogen and oxygen atoms in total. The van der Waals surface area contributed by atoms with Gasteiger partial charge in [0.2, 0.25) is 0 Å². The Hall–Kier alpha value is -1.49. The molecule has 2 aromatic rings. The van der Waals surface area contributed by atoms with Gasteiger partial charge < -0.3 is 15.0 Å². The number of nitrogens with zero attached hydrogens (tertiary/aromatic N) is 2. The molecule has 0 unspecified atom stereocenters. The molecule has 1 heterocycles. The zero-order chi connectivity index (χ0) is 15.4. The molecule has 114 valence electrons. The first-order chi connectivity index (χ1) is 10.1. The van der Waals surface area contributed by atoms with Crippen molar-refractivity contribution >= 4 is 21.7 Å². The van der Waals surface area contributed by atoms with Crippen molar-refractivity contribution in [3.63, 3.8) is 0 Å². The number of hydrogen-bond donors (Lipinski definition) is 1. The highest BCUT2D eigenvalue weighted by molar-refractivity contribution is 9.10. The summed E-state index contributed by atoms with van der Waals surface area (Å²) in [5.74, 6) is 2.56. The predicted octanol–water partition coefficient (Wildman–Crippen LogP) is 4.27. The van der Waals surface area contributed by atoms with E-state index >= 15 is 0 Å². The molecule has 5 heteroatoms. The third kappa shape index (κ3) is 3.23. The van der Waals surface area contributed by atoms with Crippen LogP contribution >= 0.6 is 15.9 Å². The Morgan fingerprint density at radius 3 is 2.67 bits per heavy atom. The average Bonchev–Trinajstić information content (AvgIpc) is 2.77. The molecule has 0 aliphatic rings. The lowest BCUT2D eigenvalue weighted by Crippen LogP contribution is -2.06. The smallest absolute Gasteiger partial charge is 0.131 e. The summed E-state index contributed by atoms with van der Waals surface area (Å²) in [6.45, 7) is 5.19. The van der Waals surface area contributed by atoms with Gasteiger partial charge in [-0.25, -0.2) is 4.98 Å². The van der Waals surface area contributed by atoms with Crippen molar-refractivity contribution in [2.75, 3.05) is 12.8 Å². The molecule has 0 saturated heterocycles. The van der Waals surface area contributed by atoms with Gasteiger partial charge in [0.15, 0.2) is 0 Å². The minimum absolute atomic E-state index is 0.719. The number of anilines is 1. The van der Waals surface area contributed by atoms with Crippen molar-refractivity contribution in [1.82, 2.24) is 9.55 Å². The highest BCUT2D eigenvalue weighted by Crippen LogP contribution is 2.36. The van der Waals surface area contributed by atoms with E-state index in [2.05, 4.69) is 34.3 Å². The number of ether oxygens (including phenoxy) is 1. The minimum Gasteiger partial charge on any atom is -0.496 e. The SMILES string of the molecule is CCCc1nc(-c2cc(Br)ccc2OC)c(N)n1CCC. The number of hydrogen-bond acceptors (Lipinski definition) is 3. The molecule has 2 rings (SSSR count). The lowest BCUT2D eigenvalue weighted by molar-refractivity contribution is 0.416. The first kappa shape index (κ1) is 15.9. The highest BCUT2D eigenvalue weighted by atomic mass is 79.9. The minimum atomic E-state index is 0.719. The Bertz CT molecular complexity index is 622. The summed E-state index contributed by atoms with van der Waals surface area (Å²) >= 11 is 3.50. The van der Waals surface area contributed by atoms with Crippen LogP contribution in [0.3, 0.4) is 0 Å². The summed E-state index contributed by atoms with van der Waals surface area (Å²) in [6, 6.07) is 5.88. The maximum Gasteiger partial charge on any atom is 0.131 e. The van der Waals surface area contributed by atoms with Crippen molar-refractivity contribution in [3.05, 3.63) is 28.5 Å². The zero-order valence-electron chi connectivity index (χ0n) is 12.8. The zero-order valence-corrected chi connectivity index (χ0v) is 14.4. The predicted molar refractivity (Wildman–Crippen MR) is 90.6 cm³/mol. The third-order valence-electron chi connectivity index (χ3n) is 3.42. The number of aromatic nitrogens is 2. The van der Waals surface area contributed by atoms with Gasteiger partial charge in [0, 0.05) is 23.0 Å². The van der Waals surface area contributed by atoms with E-state index in [0.717, 1.165) is 58.9 Å². The Balaban J connectivity index is 2.58. The van der Waals surface area contributed by atoms with Crippen LogP contribution in [0.4, 0.5) is 5.82 Å². The van der Waals surface area contributed by atoms with E-state index in [1.54, 1.807) is 7.11 Å². The number of nitrogens with two attached hydrogens (primary N) is 1. The van der Waals surface area contributed by atoms with Gasteiger partial charge in [-0.1, -0.05) is 29.8 Å². The van der Waals surface area contributed by atoms with Crippen LogP contribution in [0, 0.1) is 0 Å². The molecule has 0 radical (unpaired) electrons. The molecular weight excluding hydrogens is 330 g/mol. The summed E-state index contributed by atoms with van der Waals surface area (Å²) in [5, 5.41) is 0. The topological polar surface area (TPSA) is 53.1 Å². The van der Waals surface area contributed by atoms with Gasteiger partial charge in [-0.15, -0.1) is 0 Å². The molecule has 0 atom stereocenters. The number of nitrogen functional groups attached to an aromatic ring is 1. The second-order valence-corrected chi connectivity index (χ2v) is 5.92. The number of benzene rings is 1. The second kappa shape index (κ2) is 6.98. The maximum atomic E-state index is 6.36. The van der Waals surface area contributed by atoms with Crippen LogP contribution in [0.25, 0.3) is 11.3 Å². The van der Waals surface area contributed by atoms with Crippen LogP contribution in [0.5, 0.6) is 5.75 Å². The second-order valence-electron chi connectivity index (χ2n) is 5.01. The fourth-order valence-electron chi connectivity index (χ4n) is 2.46. The van der Waals surface area contributed by atoms with Crippen molar-refractivity contribution < 1.29 is 4.74 Å². The van der Waals surface area contributed by atoms with Crippen molar-refractivity contribution in [3.8, 4) is 17.0 Å². The summed E-state index contributed by atoms with van der Waals surface area (Å²) < 4.78 is 8.56. The van der Waals surface area contributed by atoms with Gasteiger partial charge in [0.05, 0.1) is 7.11 Å². The van der Waals surface area contributed by atoms with E-state index in [9.17, 15) is 0 Å². The highest BCUT2D eigenvalue weighted by Gasteiger charge is 2.18. The van der Waals surface area contributed by atoms with Gasteiger partial charge in [-0.2, -0.15) is 0 Å². The molecule has 1 aromatic heterocycles. The normalized spacial score (nSPS) is 10.9. The van der Waals surface area contributed by atoms with E-state index in [4.69, 9.17) is 15.5 Å². The Morgan fingerprint density at radius 2 is 2.05 bits per heavy atom. The summed E-state index contributed by atoms with van der Waals surface area (Å²) in [6.07, 6.45) is 3.02. The number of halogens is 1. The Morgan fingerprint density at radius 1 is 1.29 bits per heavy atom. The molecule has 1 aromatic carbocycles. The van der Waals surface area contributed by atoms with E-state index in [0.29, 0.717) is 0 Å². The number of rotatable bonds is 6. The lowest BCUT2D eigenvalue weighted by Gasteiger charge is -2.09. The molecule has 2 N–H and O–H groups in total. The van der Waals surface area contributed by atoms with E-state index in [-0.39, 0.29) is 0 Å². The van der Waals surface area contributed by atoms with Crippen LogP contribution in [0.15, 0.2) is 22.7 Å². The molecule has 0 bridgehead atoms. The monoisotopic (exact) mass is 351 g/mol. The van der Waals surface area contributed by atoms with Crippen LogP contribution in [0.2, 0.25) is 0 Å². The van der Waals surface area contributed by atoms with Gasteiger partial charge >= 0.3 is 0 Å². The molecule has 0 amide bonds. The molecule has 0 saturated carbocycles. The molecule has 21 heavy (non-hydrogen) atoms. The fraction of sp³-hybridized carbons (Fsp3) is 0.438. The third-order valence-corrected chi connectivity index (χ3v) is 3.92. The molecule has 0 aliphatic heterocycles. The molecular formula is C16H22BrN3O. The summed E-state index contributed by atoms with van der Waals surface area (Å²) in [4.78, 5) is 4.78. The first-order valence-corrected chi connectivity index (χ1v) is 8.10. The van der Waals surface area contributed by atoms with Crippen molar-refractivity contribution in [1.29, 1.82) is 0 Å². The largest absolute Gasteiger partial charge is 0.496 e. The average molecular weight is 352 g/mol. The Kier molecular flexibility index (Phi) is 5.28. The van der Waals surface area contributed by atoms with Crippen molar-refractivity contribution in [2.24, 2.45) is 0 Å². The number of imidazole rings is 1. The van der Waals surface area contributed by atoms with Crippen LogP contribution in [-0.4, -0.2) is 16.7 Å². The van der Waals surface area contributed by atoms with Crippen LogP contribution in [-0.2, 0) is 13.0 Å². The summed E-state index contributed by atoms with van der Waals surface area (Å²) in [7, 11) is 1.67. The fourth-order valence-corrected chi connectivity index (χ4v) is 2.83. The molecule has 0 spiro atoms. The Labute approximate surface area is 134 Å². The standard InChI is InChI=1S/C16H22BrN3O/c1-4-6-14-19-15(16(18)20(14)9-5-2)12-10-11(17)7-8-13(12)21-3/h7-8,10H,4-6,9,18H2,1-3H3. The quantitative estimate of drug-likeness (QED) is 0.845. The van der Waals surface area contributed by atoms with E-state index in [1.807, 2.05) is 18.2 Å². The van der Waals surface area contributed by atoms with Gasteiger partial charge in [0.1, 0.15) is 23.1 Å². The lowest BCUT2D eigenvalue weighted by atomic mass is 10.1. The van der Waals surface area contributed by atoms with Gasteiger partial charge in [-0.3, -0.25) is 0 Å². The van der Waals surface area contributed by atoms with Gasteiger partial charge in [0.25, 0.3) is 0 Å². The maximum absolute atomic E-state index is 6.36. The van der Waals surface area contributed by atoms with E-state index in [1.165, 1.54) is 0 Å².